The third-order valence-electron chi connectivity index (χ3n) is 3.70. The Morgan fingerprint density at radius 1 is 1.32 bits per heavy atom. The van der Waals surface area contributed by atoms with Gasteiger partial charge in [0.25, 0.3) is 0 Å². The molecule has 1 fully saturated rings. The lowest BCUT2D eigenvalue weighted by atomic mass is 9.69. The zero-order chi connectivity index (χ0) is 14.1. The second-order valence-corrected chi connectivity index (χ2v) is 5.20. The van der Waals surface area contributed by atoms with E-state index >= 15 is 0 Å². The first-order chi connectivity index (χ1) is 9.08. The number of rotatable bonds is 7. The number of carbonyl (C=O) groups is 2. The highest BCUT2D eigenvalue weighted by Gasteiger charge is 2.33. The SMILES string of the molecule is C=CCOC(=O)NCCC1(CC(=O)O)CCCCC1. The lowest BCUT2D eigenvalue weighted by molar-refractivity contribution is -0.140. The monoisotopic (exact) mass is 269 g/mol. The van der Waals surface area contributed by atoms with E-state index in [9.17, 15) is 9.59 Å². The third kappa shape index (κ3) is 5.77. The van der Waals surface area contributed by atoms with E-state index in [1.165, 1.54) is 12.5 Å². The fraction of sp³-hybridized carbons (Fsp3) is 0.714. The van der Waals surface area contributed by atoms with Gasteiger partial charge in [-0.05, 0) is 24.7 Å². The molecule has 0 radical (unpaired) electrons. The molecular weight excluding hydrogens is 246 g/mol. The Morgan fingerprint density at radius 2 is 2.00 bits per heavy atom. The predicted molar refractivity (Wildman–Crippen MR) is 71.9 cm³/mol. The van der Waals surface area contributed by atoms with Gasteiger partial charge in [-0.15, -0.1) is 0 Å². The fourth-order valence-electron chi connectivity index (χ4n) is 2.75. The van der Waals surface area contributed by atoms with Crippen molar-refractivity contribution in [1.29, 1.82) is 0 Å². The van der Waals surface area contributed by atoms with Crippen LogP contribution in [0.5, 0.6) is 0 Å². The number of alkyl carbamates (subject to hydrolysis) is 1. The van der Waals surface area contributed by atoms with Gasteiger partial charge in [0.1, 0.15) is 6.61 Å². The van der Waals surface area contributed by atoms with Crippen LogP contribution in [0.2, 0.25) is 0 Å². The first-order valence-corrected chi connectivity index (χ1v) is 6.81. The van der Waals surface area contributed by atoms with Gasteiger partial charge in [-0.3, -0.25) is 4.79 Å². The largest absolute Gasteiger partial charge is 0.481 e. The summed E-state index contributed by atoms with van der Waals surface area (Å²) in [7, 11) is 0. The molecule has 0 aromatic heterocycles. The molecule has 5 nitrogen and oxygen atoms in total. The number of ether oxygens (including phenoxy) is 1. The van der Waals surface area contributed by atoms with E-state index in [4.69, 9.17) is 9.84 Å². The number of hydrogen-bond acceptors (Lipinski definition) is 3. The van der Waals surface area contributed by atoms with Crippen LogP contribution in [-0.2, 0) is 9.53 Å². The Hall–Kier alpha value is -1.52. The normalized spacial score (nSPS) is 17.5. The van der Waals surface area contributed by atoms with E-state index in [0.717, 1.165) is 25.7 Å². The summed E-state index contributed by atoms with van der Waals surface area (Å²) in [6, 6.07) is 0. The quantitative estimate of drug-likeness (QED) is 0.697. The molecule has 0 spiro atoms. The van der Waals surface area contributed by atoms with E-state index in [1.54, 1.807) is 0 Å². The number of hydrogen-bond donors (Lipinski definition) is 2. The van der Waals surface area contributed by atoms with Crippen molar-refractivity contribution >= 4 is 12.1 Å². The molecule has 0 bridgehead atoms. The van der Waals surface area contributed by atoms with Gasteiger partial charge in [-0.25, -0.2) is 4.79 Å². The molecule has 0 aromatic rings. The summed E-state index contributed by atoms with van der Waals surface area (Å²) in [6.07, 6.45) is 7.12. The maximum Gasteiger partial charge on any atom is 0.407 e. The summed E-state index contributed by atoms with van der Waals surface area (Å²) in [6.45, 7) is 4.11. The van der Waals surface area contributed by atoms with E-state index in [1.807, 2.05) is 0 Å². The lowest BCUT2D eigenvalue weighted by Gasteiger charge is -2.36. The van der Waals surface area contributed by atoms with Crippen molar-refractivity contribution in [1.82, 2.24) is 5.32 Å². The number of aliphatic carboxylic acids is 1. The summed E-state index contributed by atoms with van der Waals surface area (Å²) in [5.41, 5.74) is -0.157. The molecule has 1 rings (SSSR count). The number of carbonyl (C=O) groups excluding carboxylic acids is 1. The third-order valence-corrected chi connectivity index (χ3v) is 3.70. The summed E-state index contributed by atoms with van der Waals surface area (Å²) in [4.78, 5) is 22.3. The lowest BCUT2D eigenvalue weighted by Crippen LogP contribution is -2.34. The molecule has 0 aromatic carbocycles. The van der Waals surface area contributed by atoms with Crippen molar-refractivity contribution in [3.63, 3.8) is 0 Å². The smallest absolute Gasteiger partial charge is 0.407 e. The van der Waals surface area contributed by atoms with Gasteiger partial charge in [-0.1, -0.05) is 31.9 Å². The predicted octanol–water partition coefficient (Wildman–Crippen LogP) is 2.71. The molecule has 19 heavy (non-hydrogen) atoms. The van der Waals surface area contributed by atoms with Crippen LogP contribution in [0.3, 0.4) is 0 Å². The van der Waals surface area contributed by atoms with Crippen molar-refractivity contribution < 1.29 is 19.4 Å². The molecule has 108 valence electrons. The summed E-state index contributed by atoms with van der Waals surface area (Å²) < 4.78 is 4.81. The van der Waals surface area contributed by atoms with Crippen LogP contribution in [0.15, 0.2) is 12.7 Å². The highest BCUT2D eigenvalue weighted by atomic mass is 16.5. The van der Waals surface area contributed by atoms with Crippen LogP contribution in [0.1, 0.15) is 44.9 Å². The molecule has 1 saturated carbocycles. The number of amides is 1. The highest BCUT2D eigenvalue weighted by Crippen LogP contribution is 2.41. The van der Waals surface area contributed by atoms with Crippen molar-refractivity contribution in [2.45, 2.75) is 44.9 Å². The molecule has 0 atom stereocenters. The zero-order valence-electron chi connectivity index (χ0n) is 11.3. The van der Waals surface area contributed by atoms with Crippen LogP contribution in [0.25, 0.3) is 0 Å². The molecule has 1 aliphatic rings. The maximum absolute atomic E-state index is 11.3. The van der Waals surface area contributed by atoms with Crippen molar-refractivity contribution in [3.8, 4) is 0 Å². The summed E-state index contributed by atoms with van der Waals surface area (Å²) in [5.74, 6) is -0.754. The number of nitrogens with one attached hydrogen (secondary N) is 1. The van der Waals surface area contributed by atoms with Gasteiger partial charge in [0.15, 0.2) is 0 Å². The second-order valence-electron chi connectivity index (χ2n) is 5.20. The van der Waals surface area contributed by atoms with E-state index in [-0.39, 0.29) is 18.4 Å². The second kappa shape index (κ2) is 7.81. The van der Waals surface area contributed by atoms with Gasteiger partial charge in [-0.2, -0.15) is 0 Å². The molecule has 0 unspecified atom stereocenters. The van der Waals surface area contributed by atoms with Crippen molar-refractivity contribution in [3.05, 3.63) is 12.7 Å². The Bertz CT molecular complexity index is 321. The average Bonchev–Trinajstić information content (AvgIpc) is 2.36. The molecule has 1 aliphatic carbocycles. The van der Waals surface area contributed by atoms with Crippen LogP contribution in [0, 0.1) is 5.41 Å². The molecule has 5 heteroatoms. The Balaban J connectivity index is 2.38. The zero-order valence-corrected chi connectivity index (χ0v) is 11.3. The fourth-order valence-corrected chi connectivity index (χ4v) is 2.75. The van der Waals surface area contributed by atoms with E-state index < -0.39 is 12.1 Å². The van der Waals surface area contributed by atoms with Gasteiger partial charge in [0, 0.05) is 6.54 Å². The van der Waals surface area contributed by atoms with Crippen molar-refractivity contribution in [2.75, 3.05) is 13.2 Å². The van der Waals surface area contributed by atoms with Gasteiger partial charge >= 0.3 is 12.1 Å². The van der Waals surface area contributed by atoms with E-state index in [2.05, 4.69) is 11.9 Å². The topological polar surface area (TPSA) is 75.6 Å². The summed E-state index contributed by atoms with van der Waals surface area (Å²) >= 11 is 0. The van der Waals surface area contributed by atoms with Crippen LogP contribution < -0.4 is 5.32 Å². The summed E-state index contributed by atoms with van der Waals surface area (Å²) in [5, 5.41) is 11.7. The standard InChI is InChI=1S/C14H23NO4/c1-2-10-19-13(18)15-9-8-14(11-12(16)17)6-4-3-5-7-14/h2H,1,3-11H2,(H,15,18)(H,16,17). The van der Waals surface area contributed by atoms with Crippen LogP contribution >= 0.6 is 0 Å². The van der Waals surface area contributed by atoms with Crippen LogP contribution in [0.4, 0.5) is 4.79 Å². The number of carboxylic acids is 1. The Morgan fingerprint density at radius 3 is 2.58 bits per heavy atom. The minimum Gasteiger partial charge on any atom is -0.481 e. The first-order valence-electron chi connectivity index (χ1n) is 6.81. The van der Waals surface area contributed by atoms with E-state index in [0.29, 0.717) is 13.0 Å². The highest BCUT2D eigenvalue weighted by molar-refractivity contribution is 5.68. The molecule has 0 heterocycles. The number of carboxylic acid groups (broad SMARTS) is 1. The van der Waals surface area contributed by atoms with Crippen molar-refractivity contribution in [2.24, 2.45) is 5.41 Å². The maximum atomic E-state index is 11.3. The minimum atomic E-state index is -0.754. The van der Waals surface area contributed by atoms with Crippen LogP contribution in [-0.4, -0.2) is 30.3 Å². The molecular formula is C14H23NO4. The molecule has 2 N–H and O–H groups in total. The van der Waals surface area contributed by atoms with Gasteiger partial charge in [0.05, 0.1) is 6.42 Å². The molecule has 0 aliphatic heterocycles. The Labute approximate surface area is 114 Å². The molecule has 0 saturated heterocycles. The first kappa shape index (κ1) is 15.5. The van der Waals surface area contributed by atoms with Gasteiger partial charge in [0.2, 0.25) is 0 Å². The Kier molecular flexibility index (Phi) is 6.39. The molecule has 1 amide bonds. The average molecular weight is 269 g/mol. The minimum absolute atomic E-state index is 0.157. The van der Waals surface area contributed by atoms with Gasteiger partial charge < -0.3 is 15.2 Å².